The zero-order chi connectivity index (χ0) is 14.3. The molecule has 0 bridgehead atoms. The molecule has 1 aromatic heterocycles. The highest BCUT2D eigenvalue weighted by Gasteiger charge is 2.20. The van der Waals surface area contributed by atoms with E-state index in [-0.39, 0.29) is 5.82 Å². The maximum atomic E-state index is 14.7. The van der Waals surface area contributed by atoms with E-state index in [0.717, 1.165) is 10.8 Å². The lowest BCUT2D eigenvalue weighted by atomic mass is 9.93. The quantitative estimate of drug-likeness (QED) is 0.675. The van der Waals surface area contributed by atoms with E-state index in [1.165, 1.54) is 0 Å². The van der Waals surface area contributed by atoms with Crippen molar-refractivity contribution < 1.29 is 4.39 Å². The maximum Gasteiger partial charge on any atom is 0.137 e. The Morgan fingerprint density at radius 1 is 1.20 bits per heavy atom. The summed E-state index contributed by atoms with van der Waals surface area (Å²) >= 11 is 0. The fourth-order valence-corrected chi connectivity index (χ4v) is 2.55. The minimum absolute atomic E-state index is 0.323. The van der Waals surface area contributed by atoms with Gasteiger partial charge in [-0.15, -0.1) is 0 Å². The first kappa shape index (κ1) is 12.4. The van der Waals surface area contributed by atoms with Gasteiger partial charge < -0.3 is 0 Å². The normalized spacial score (nSPS) is 10.7. The molecule has 0 aliphatic rings. The van der Waals surface area contributed by atoms with Crippen LogP contribution in [0.2, 0.25) is 0 Å². The van der Waals surface area contributed by atoms with Crippen molar-refractivity contribution in [2.75, 3.05) is 0 Å². The van der Waals surface area contributed by atoms with Crippen LogP contribution in [-0.4, -0.2) is 9.78 Å². The predicted molar refractivity (Wildman–Crippen MR) is 75.6 cm³/mol. The summed E-state index contributed by atoms with van der Waals surface area (Å²) in [6.45, 7) is 1.73. The van der Waals surface area contributed by atoms with Gasteiger partial charge in [0.15, 0.2) is 0 Å². The van der Waals surface area contributed by atoms with Gasteiger partial charge in [-0.3, -0.25) is 4.68 Å². The molecule has 0 atom stereocenters. The summed E-state index contributed by atoms with van der Waals surface area (Å²) < 4.78 is 16.3. The Hall–Kier alpha value is -2.67. The van der Waals surface area contributed by atoms with Crippen LogP contribution in [-0.2, 0) is 7.05 Å². The first-order chi connectivity index (χ1) is 9.65. The van der Waals surface area contributed by atoms with E-state index in [2.05, 4.69) is 11.2 Å². The Balaban J connectivity index is 2.53. The smallest absolute Gasteiger partial charge is 0.137 e. The lowest BCUT2D eigenvalue weighted by Gasteiger charge is -2.13. The molecule has 3 rings (SSSR count). The molecule has 0 fully saturated rings. The van der Waals surface area contributed by atoms with Crippen molar-refractivity contribution in [1.82, 2.24) is 9.78 Å². The summed E-state index contributed by atoms with van der Waals surface area (Å²) in [5.41, 5.74) is 1.83. The number of hydrogen-bond donors (Lipinski definition) is 0. The Bertz CT molecular complexity index is 856. The van der Waals surface area contributed by atoms with Crippen LogP contribution in [0.25, 0.3) is 22.0 Å². The monoisotopic (exact) mass is 265 g/mol. The Kier molecular flexibility index (Phi) is 2.76. The van der Waals surface area contributed by atoms with E-state index in [9.17, 15) is 9.65 Å². The largest absolute Gasteiger partial charge is 0.268 e. The van der Waals surface area contributed by atoms with Crippen molar-refractivity contribution in [2.24, 2.45) is 7.05 Å². The first-order valence-electron chi connectivity index (χ1n) is 6.24. The number of hydrogen-bond acceptors (Lipinski definition) is 2. The van der Waals surface area contributed by atoms with E-state index in [4.69, 9.17) is 0 Å². The number of rotatable bonds is 1. The second-order valence-corrected chi connectivity index (χ2v) is 4.69. The lowest BCUT2D eigenvalue weighted by Crippen LogP contribution is -2.01. The lowest BCUT2D eigenvalue weighted by molar-refractivity contribution is 0.621. The highest BCUT2D eigenvalue weighted by molar-refractivity contribution is 5.96. The minimum atomic E-state index is -0.358. The van der Waals surface area contributed by atoms with Gasteiger partial charge in [0.25, 0.3) is 0 Å². The number of halogens is 1. The molecular formula is C16H12FN3. The van der Waals surface area contributed by atoms with Gasteiger partial charge in [-0.2, -0.15) is 10.4 Å². The van der Waals surface area contributed by atoms with Crippen LogP contribution in [0.3, 0.4) is 0 Å². The Morgan fingerprint density at radius 2 is 1.90 bits per heavy atom. The SMILES string of the molecule is Cc1c(F)c(-c2ccnn2C)c(C#N)c2ccccc12. The van der Waals surface area contributed by atoms with E-state index < -0.39 is 0 Å². The van der Waals surface area contributed by atoms with Gasteiger partial charge >= 0.3 is 0 Å². The molecular weight excluding hydrogens is 253 g/mol. The summed E-state index contributed by atoms with van der Waals surface area (Å²) in [6, 6.07) is 11.2. The highest BCUT2D eigenvalue weighted by Crippen LogP contribution is 2.35. The molecule has 4 heteroatoms. The summed E-state index contributed by atoms with van der Waals surface area (Å²) in [5, 5.41) is 15.1. The van der Waals surface area contributed by atoms with Crippen LogP contribution in [0.4, 0.5) is 4.39 Å². The van der Waals surface area contributed by atoms with Gasteiger partial charge in [0.05, 0.1) is 16.8 Å². The summed E-state index contributed by atoms with van der Waals surface area (Å²) in [5.74, 6) is -0.358. The molecule has 3 nitrogen and oxygen atoms in total. The van der Waals surface area contributed by atoms with E-state index in [1.807, 2.05) is 24.3 Å². The Labute approximate surface area is 115 Å². The Morgan fingerprint density at radius 3 is 2.50 bits per heavy atom. The topological polar surface area (TPSA) is 41.6 Å². The highest BCUT2D eigenvalue weighted by atomic mass is 19.1. The van der Waals surface area contributed by atoms with Crippen molar-refractivity contribution in [2.45, 2.75) is 6.92 Å². The number of aryl methyl sites for hydroxylation is 2. The fraction of sp³-hybridized carbons (Fsp3) is 0.125. The van der Waals surface area contributed by atoms with Crippen LogP contribution in [0, 0.1) is 24.1 Å². The maximum absolute atomic E-state index is 14.7. The zero-order valence-electron chi connectivity index (χ0n) is 11.2. The molecule has 3 aromatic rings. The number of benzene rings is 2. The third-order valence-electron chi connectivity index (χ3n) is 3.59. The molecule has 98 valence electrons. The van der Waals surface area contributed by atoms with Gasteiger partial charge in [-0.1, -0.05) is 24.3 Å². The van der Waals surface area contributed by atoms with Crippen LogP contribution in [0.1, 0.15) is 11.1 Å². The van der Waals surface area contributed by atoms with Crippen molar-refractivity contribution in [3.05, 3.63) is 53.5 Å². The standard InChI is InChI=1S/C16H12FN3/c1-10-11-5-3-4-6-12(11)13(9-18)15(16(10)17)14-7-8-19-20(14)2/h3-8H,1-2H3. The summed E-state index contributed by atoms with van der Waals surface area (Å²) in [6.07, 6.45) is 1.60. The third-order valence-corrected chi connectivity index (χ3v) is 3.59. The average Bonchev–Trinajstić information content (AvgIpc) is 2.88. The minimum Gasteiger partial charge on any atom is -0.268 e. The molecule has 0 saturated carbocycles. The molecule has 0 N–H and O–H groups in total. The molecule has 0 spiro atoms. The third kappa shape index (κ3) is 1.60. The van der Waals surface area contributed by atoms with Gasteiger partial charge in [0.2, 0.25) is 0 Å². The van der Waals surface area contributed by atoms with Gasteiger partial charge in [-0.05, 0) is 23.9 Å². The molecule has 20 heavy (non-hydrogen) atoms. The van der Waals surface area contributed by atoms with Gasteiger partial charge in [0.1, 0.15) is 11.9 Å². The molecule has 0 aliphatic heterocycles. The van der Waals surface area contributed by atoms with E-state index in [1.54, 1.807) is 30.9 Å². The van der Waals surface area contributed by atoms with Crippen molar-refractivity contribution >= 4 is 10.8 Å². The van der Waals surface area contributed by atoms with Crippen LogP contribution >= 0.6 is 0 Å². The molecule has 0 aliphatic carbocycles. The van der Waals surface area contributed by atoms with Crippen molar-refractivity contribution in [3.63, 3.8) is 0 Å². The second kappa shape index (κ2) is 4.46. The molecule has 0 unspecified atom stereocenters. The molecule has 0 amide bonds. The number of nitrogens with zero attached hydrogens (tertiary/aromatic N) is 3. The van der Waals surface area contributed by atoms with Crippen LogP contribution < -0.4 is 0 Å². The molecule has 0 saturated heterocycles. The van der Waals surface area contributed by atoms with E-state index in [0.29, 0.717) is 22.4 Å². The summed E-state index contributed by atoms with van der Waals surface area (Å²) in [7, 11) is 1.74. The van der Waals surface area contributed by atoms with Gasteiger partial charge in [0, 0.05) is 18.6 Å². The zero-order valence-corrected chi connectivity index (χ0v) is 11.2. The van der Waals surface area contributed by atoms with E-state index >= 15 is 0 Å². The van der Waals surface area contributed by atoms with Gasteiger partial charge in [-0.25, -0.2) is 4.39 Å². The molecule has 0 radical (unpaired) electrons. The summed E-state index contributed by atoms with van der Waals surface area (Å²) in [4.78, 5) is 0. The number of fused-ring (bicyclic) bond motifs is 1. The second-order valence-electron chi connectivity index (χ2n) is 4.69. The van der Waals surface area contributed by atoms with Crippen LogP contribution in [0.5, 0.6) is 0 Å². The molecule has 1 heterocycles. The number of aromatic nitrogens is 2. The predicted octanol–water partition coefficient (Wildman–Crippen LogP) is 3.56. The van der Waals surface area contributed by atoms with Crippen molar-refractivity contribution in [1.29, 1.82) is 5.26 Å². The molecule has 2 aromatic carbocycles. The fourth-order valence-electron chi connectivity index (χ4n) is 2.55. The van der Waals surface area contributed by atoms with Crippen molar-refractivity contribution in [3.8, 4) is 17.3 Å². The van der Waals surface area contributed by atoms with Crippen LogP contribution in [0.15, 0.2) is 36.5 Å². The first-order valence-corrected chi connectivity index (χ1v) is 6.24. The number of nitriles is 1. The average molecular weight is 265 g/mol.